The molecule has 0 radical (unpaired) electrons. The third-order valence-electron chi connectivity index (χ3n) is 2.06. The van der Waals surface area contributed by atoms with Gasteiger partial charge in [-0.3, -0.25) is 0 Å². The number of aromatic nitrogens is 4. The van der Waals surface area contributed by atoms with Gasteiger partial charge in [-0.05, 0) is 6.42 Å². The highest BCUT2D eigenvalue weighted by Crippen LogP contribution is 2.14. The van der Waals surface area contributed by atoms with Gasteiger partial charge in [0.15, 0.2) is 5.65 Å². The molecule has 2 aromatic heterocycles. The van der Waals surface area contributed by atoms with Gasteiger partial charge in [0.1, 0.15) is 11.8 Å². The molecule has 14 heavy (non-hydrogen) atoms. The van der Waals surface area contributed by atoms with E-state index in [9.17, 15) is 0 Å². The summed E-state index contributed by atoms with van der Waals surface area (Å²) in [6.45, 7) is 2.01. The molecular weight excluding hydrogens is 180 g/mol. The van der Waals surface area contributed by atoms with Gasteiger partial charge in [0.05, 0.1) is 5.69 Å². The number of aryl methyl sites for hydroxylation is 1. The maximum absolute atomic E-state index is 5.59. The first-order valence-corrected chi connectivity index (χ1v) is 4.43. The Morgan fingerprint density at radius 2 is 2.29 bits per heavy atom. The van der Waals surface area contributed by atoms with Crippen LogP contribution in [0.4, 0.5) is 5.95 Å². The number of fused-ring (bicyclic) bond motifs is 1. The summed E-state index contributed by atoms with van der Waals surface area (Å²) in [6, 6.07) is 0. The van der Waals surface area contributed by atoms with Crippen LogP contribution in [0.25, 0.3) is 11.2 Å². The number of nitrogens with two attached hydrogens (primary N) is 1. The van der Waals surface area contributed by atoms with Crippen LogP contribution in [-0.2, 0) is 6.42 Å². The van der Waals surface area contributed by atoms with Crippen molar-refractivity contribution in [3.05, 3.63) is 12.0 Å². The molecule has 0 unspecified atom stereocenters. The second-order valence-corrected chi connectivity index (χ2v) is 2.89. The van der Waals surface area contributed by atoms with Crippen LogP contribution >= 0.6 is 0 Å². The molecule has 2 aromatic rings. The van der Waals surface area contributed by atoms with Crippen LogP contribution in [0.15, 0.2) is 6.33 Å². The number of hydrogen-bond donors (Lipinski definition) is 2. The zero-order valence-electron chi connectivity index (χ0n) is 8.15. The summed E-state index contributed by atoms with van der Waals surface area (Å²) in [7, 11) is 1.80. The number of hydrogen-bond acceptors (Lipinski definition) is 5. The molecule has 74 valence electrons. The van der Waals surface area contributed by atoms with E-state index in [1.165, 1.54) is 0 Å². The van der Waals surface area contributed by atoms with Crippen molar-refractivity contribution < 1.29 is 0 Å². The lowest BCUT2D eigenvalue weighted by molar-refractivity contribution is 0.936. The highest BCUT2D eigenvalue weighted by molar-refractivity contribution is 5.74. The minimum absolute atomic E-state index is 0.284. The fourth-order valence-corrected chi connectivity index (χ4v) is 1.39. The lowest BCUT2D eigenvalue weighted by atomic mass is 10.3. The Labute approximate surface area is 81.1 Å². The van der Waals surface area contributed by atoms with E-state index in [0.29, 0.717) is 0 Å². The Kier molecular flexibility index (Phi) is 1.95. The van der Waals surface area contributed by atoms with Gasteiger partial charge in [-0.25, -0.2) is 14.6 Å². The van der Waals surface area contributed by atoms with E-state index in [0.717, 1.165) is 23.3 Å². The molecule has 0 bridgehead atoms. The fourth-order valence-electron chi connectivity index (χ4n) is 1.39. The quantitative estimate of drug-likeness (QED) is 0.707. The molecule has 0 aliphatic heterocycles. The van der Waals surface area contributed by atoms with E-state index >= 15 is 0 Å². The van der Waals surface area contributed by atoms with Gasteiger partial charge in [0, 0.05) is 7.05 Å². The first-order valence-electron chi connectivity index (χ1n) is 4.43. The van der Waals surface area contributed by atoms with Gasteiger partial charge >= 0.3 is 0 Å². The second-order valence-electron chi connectivity index (χ2n) is 2.89. The summed E-state index contributed by atoms with van der Waals surface area (Å²) >= 11 is 0. The minimum Gasteiger partial charge on any atom is -0.368 e. The topological polar surface area (TPSA) is 81.7 Å². The van der Waals surface area contributed by atoms with Gasteiger partial charge in [-0.15, -0.1) is 0 Å². The molecule has 2 rings (SSSR count). The maximum atomic E-state index is 5.59. The van der Waals surface area contributed by atoms with E-state index in [4.69, 9.17) is 5.73 Å². The highest BCUT2D eigenvalue weighted by atomic mass is 15.4. The Bertz CT molecular complexity index is 460. The molecular formula is C8H12N6. The van der Waals surface area contributed by atoms with Crippen LogP contribution in [0.2, 0.25) is 0 Å². The summed E-state index contributed by atoms with van der Waals surface area (Å²) in [5.74, 6) is 0.284. The average molecular weight is 192 g/mol. The van der Waals surface area contributed by atoms with Gasteiger partial charge < -0.3 is 11.2 Å². The molecule has 0 aliphatic rings. The predicted octanol–water partition coefficient (Wildman–Crippen LogP) is 0.144. The first-order chi connectivity index (χ1) is 6.76. The van der Waals surface area contributed by atoms with E-state index in [1.807, 2.05) is 6.92 Å². The van der Waals surface area contributed by atoms with Crippen molar-refractivity contribution in [2.24, 2.45) is 0 Å². The molecule has 6 nitrogen and oxygen atoms in total. The summed E-state index contributed by atoms with van der Waals surface area (Å²) in [4.78, 5) is 12.5. The molecule has 6 heteroatoms. The molecule has 0 saturated heterocycles. The zero-order chi connectivity index (χ0) is 10.1. The normalized spacial score (nSPS) is 10.7. The molecule has 2 heterocycles. The molecule has 0 atom stereocenters. The molecule has 3 N–H and O–H groups in total. The third kappa shape index (κ3) is 1.15. The van der Waals surface area contributed by atoms with E-state index in [2.05, 4.69) is 20.4 Å². The van der Waals surface area contributed by atoms with Crippen molar-refractivity contribution in [3.63, 3.8) is 0 Å². The number of nitrogens with one attached hydrogen (secondary N) is 1. The van der Waals surface area contributed by atoms with E-state index < -0.39 is 0 Å². The smallest absolute Gasteiger partial charge is 0.222 e. The summed E-state index contributed by atoms with van der Waals surface area (Å²) < 4.78 is 1.71. The van der Waals surface area contributed by atoms with Crippen molar-refractivity contribution in [1.82, 2.24) is 19.6 Å². The first kappa shape index (κ1) is 8.74. The van der Waals surface area contributed by atoms with Crippen LogP contribution in [0.3, 0.4) is 0 Å². The van der Waals surface area contributed by atoms with E-state index in [1.54, 1.807) is 18.1 Å². The van der Waals surface area contributed by atoms with Gasteiger partial charge in [-0.1, -0.05) is 6.92 Å². The van der Waals surface area contributed by atoms with Gasteiger partial charge in [-0.2, -0.15) is 4.98 Å². The number of nitrogen functional groups attached to an aromatic ring is 1. The highest BCUT2D eigenvalue weighted by Gasteiger charge is 2.09. The lowest BCUT2D eigenvalue weighted by Crippen LogP contribution is -2.09. The largest absolute Gasteiger partial charge is 0.368 e. The standard InChI is InChI=1S/C8H12N6/c1-3-5-6-7(13-8(9)12-5)14(10-2)4-11-6/h4,10H,3H2,1-2H3,(H2,9,12,13). The van der Waals surface area contributed by atoms with Crippen LogP contribution in [-0.4, -0.2) is 26.7 Å². The summed E-state index contributed by atoms with van der Waals surface area (Å²) in [6.07, 6.45) is 2.46. The Balaban J connectivity index is 2.76. The SMILES string of the molecule is CCc1nc(N)nc2c1ncn2NC. The van der Waals surface area contributed by atoms with Gasteiger partial charge in [0.2, 0.25) is 5.95 Å². The summed E-state index contributed by atoms with van der Waals surface area (Å²) in [5.41, 5.74) is 10.9. The van der Waals surface area contributed by atoms with Crippen molar-refractivity contribution in [1.29, 1.82) is 0 Å². The minimum atomic E-state index is 0.284. The Morgan fingerprint density at radius 1 is 1.50 bits per heavy atom. The number of rotatable bonds is 2. The van der Waals surface area contributed by atoms with Crippen LogP contribution in [0.5, 0.6) is 0 Å². The predicted molar refractivity (Wildman–Crippen MR) is 54.4 cm³/mol. The molecule has 0 aliphatic carbocycles. The van der Waals surface area contributed by atoms with Crippen LogP contribution < -0.4 is 11.2 Å². The van der Waals surface area contributed by atoms with Crippen molar-refractivity contribution >= 4 is 17.1 Å². The number of nitrogens with zero attached hydrogens (tertiary/aromatic N) is 4. The van der Waals surface area contributed by atoms with Crippen molar-refractivity contribution in [2.75, 3.05) is 18.2 Å². The second kappa shape index (κ2) is 3.13. The number of imidazole rings is 1. The van der Waals surface area contributed by atoms with Crippen molar-refractivity contribution in [3.8, 4) is 0 Å². The molecule has 0 saturated carbocycles. The van der Waals surface area contributed by atoms with Gasteiger partial charge in [0.25, 0.3) is 0 Å². The fraction of sp³-hybridized carbons (Fsp3) is 0.375. The summed E-state index contributed by atoms with van der Waals surface area (Å²) in [5, 5.41) is 0. The monoisotopic (exact) mass is 192 g/mol. The molecule has 0 fully saturated rings. The van der Waals surface area contributed by atoms with Crippen LogP contribution in [0, 0.1) is 0 Å². The third-order valence-corrected chi connectivity index (χ3v) is 2.06. The molecule has 0 spiro atoms. The maximum Gasteiger partial charge on any atom is 0.222 e. The Hall–Kier alpha value is -1.85. The zero-order valence-corrected chi connectivity index (χ0v) is 8.15. The van der Waals surface area contributed by atoms with E-state index in [-0.39, 0.29) is 5.95 Å². The number of anilines is 1. The Morgan fingerprint density at radius 3 is 2.93 bits per heavy atom. The van der Waals surface area contributed by atoms with Crippen molar-refractivity contribution in [2.45, 2.75) is 13.3 Å². The lowest BCUT2D eigenvalue weighted by Gasteiger charge is -2.02. The van der Waals surface area contributed by atoms with Crippen LogP contribution in [0.1, 0.15) is 12.6 Å². The average Bonchev–Trinajstić information content (AvgIpc) is 2.59. The molecule has 0 aromatic carbocycles. The molecule has 0 amide bonds.